The first-order valence-electron chi connectivity index (χ1n) is 9.30. The Morgan fingerprint density at radius 1 is 1.41 bits per heavy atom. The van der Waals surface area contributed by atoms with Crippen molar-refractivity contribution in [1.29, 1.82) is 0 Å². The first kappa shape index (κ1) is 20.0. The number of pyridine rings is 1. The molecular formula is C19H28FN3O4. The Bertz CT molecular complexity index is 665. The van der Waals surface area contributed by atoms with Crippen molar-refractivity contribution in [2.24, 2.45) is 0 Å². The quantitative estimate of drug-likeness (QED) is 0.861. The molecule has 1 amide bonds. The summed E-state index contributed by atoms with van der Waals surface area (Å²) in [6.45, 7) is 9.07. The van der Waals surface area contributed by atoms with Crippen LogP contribution in [0.2, 0.25) is 0 Å². The van der Waals surface area contributed by atoms with Crippen LogP contribution in [0.5, 0.6) is 0 Å². The van der Waals surface area contributed by atoms with E-state index in [9.17, 15) is 9.18 Å². The predicted molar refractivity (Wildman–Crippen MR) is 97.9 cm³/mol. The van der Waals surface area contributed by atoms with Gasteiger partial charge in [-0.2, -0.15) is 0 Å². The second kappa shape index (κ2) is 7.69. The number of hydrogen-bond donors (Lipinski definition) is 1. The number of piperidine rings is 1. The fourth-order valence-corrected chi connectivity index (χ4v) is 3.23. The van der Waals surface area contributed by atoms with E-state index in [0.29, 0.717) is 38.3 Å². The van der Waals surface area contributed by atoms with Crippen LogP contribution in [-0.4, -0.2) is 52.9 Å². The third-order valence-corrected chi connectivity index (χ3v) is 4.60. The SMILES string of the molecule is CC1OC(C2(F)CCN(Cc3ccnc(NC(=O)OC(C)(C)C)c3)CC2)O1. The molecule has 3 heterocycles. The van der Waals surface area contributed by atoms with Crippen molar-refractivity contribution >= 4 is 11.9 Å². The predicted octanol–water partition coefficient (Wildman–Crippen LogP) is 3.45. The first-order valence-corrected chi connectivity index (χ1v) is 9.30. The maximum Gasteiger partial charge on any atom is 0.413 e. The minimum Gasteiger partial charge on any atom is -0.444 e. The zero-order chi connectivity index (χ0) is 19.7. The molecule has 8 heteroatoms. The monoisotopic (exact) mass is 381 g/mol. The van der Waals surface area contributed by atoms with E-state index in [-0.39, 0.29) is 6.29 Å². The number of alkyl halides is 1. The smallest absolute Gasteiger partial charge is 0.413 e. The second-order valence-corrected chi connectivity index (χ2v) is 8.16. The first-order chi connectivity index (χ1) is 12.6. The summed E-state index contributed by atoms with van der Waals surface area (Å²) in [5.41, 5.74) is -0.989. The number of ether oxygens (including phenoxy) is 3. The molecule has 27 heavy (non-hydrogen) atoms. The van der Waals surface area contributed by atoms with Gasteiger partial charge >= 0.3 is 6.09 Å². The van der Waals surface area contributed by atoms with Gasteiger partial charge < -0.3 is 14.2 Å². The van der Waals surface area contributed by atoms with E-state index in [1.807, 2.05) is 6.07 Å². The molecule has 1 N–H and O–H groups in total. The number of hydrogen-bond acceptors (Lipinski definition) is 6. The van der Waals surface area contributed by atoms with Crippen LogP contribution in [-0.2, 0) is 20.8 Å². The highest BCUT2D eigenvalue weighted by Gasteiger charge is 2.49. The molecule has 0 spiro atoms. The molecule has 2 aliphatic rings. The van der Waals surface area contributed by atoms with Crippen LogP contribution in [0.3, 0.4) is 0 Å². The number of halogens is 1. The van der Waals surface area contributed by atoms with Gasteiger partial charge in [0.05, 0.1) is 0 Å². The van der Waals surface area contributed by atoms with E-state index in [2.05, 4.69) is 15.2 Å². The van der Waals surface area contributed by atoms with Crippen molar-refractivity contribution in [3.05, 3.63) is 23.9 Å². The Morgan fingerprint density at radius 3 is 2.67 bits per heavy atom. The molecule has 3 rings (SSSR count). The van der Waals surface area contributed by atoms with Crippen LogP contribution in [0.1, 0.15) is 46.1 Å². The number of carbonyl (C=O) groups is 1. The lowest BCUT2D eigenvalue weighted by molar-refractivity contribution is -0.413. The number of carbonyl (C=O) groups excluding carboxylic acids is 1. The Morgan fingerprint density at radius 2 is 2.07 bits per heavy atom. The lowest BCUT2D eigenvalue weighted by Gasteiger charge is -2.46. The molecule has 7 nitrogen and oxygen atoms in total. The second-order valence-electron chi connectivity index (χ2n) is 8.16. The Labute approximate surface area is 159 Å². The van der Waals surface area contributed by atoms with Crippen molar-refractivity contribution in [2.75, 3.05) is 18.4 Å². The third kappa shape index (κ3) is 5.37. The van der Waals surface area contributed by atoms with Gasteiger partial charge in [0.25, 0.3) is 0 Å². The molecule has 0 radical (unpaired) electrons. The van der Waals surface area contributed by atoms with Gasteiger partial charge in [0.15, 0.2) is 18.2 Å². The topological polar surface area (TPSA) is 72.9 Å². The van der Waals surface area contributed by atoms with E-state index in [0.717, 1.165) is 5.56 Å². The number of rotatable bonds is 4. The molecule has 2 aliphatic heterocycles. The minimum atomic E-state index is -1.41. The normalized spacial score (nSPS) is 25.5. The maximum atomic E-state index is 14.9. The Balaban J connectivity index is 1.51. The van der Waals surface area contributed by atoms with Gasteiger partial charge in [-0.15, -0.1) is 0 Å². The lowest BCUT2D eigenvalue weighted by atomic mass is 9.91. The summed E-state index contributed by atoms with van der Waals surface area (Å²) in [7, 11) is 0. The third-order valence-electron chi connectivity index (χ3n) is 4.60. The Hall–Kier alpha value is -1.77. The van der Waals surface area contributed by atoms with Gasteiger partial charge in [-0.3, -0.25) is 10.2 Å². The number of nitrogens with one attached hydrogen (secondary N) is 1. The van der Waals surface area contributed by atoms with E-state index < -0.39 is 23.7 Å². The zero-order valence-electron chi connectivity index (χ0n) is 16.3. The molecule has 0 unspecified atom stereocenters. The highest BCUT2D eigenvalue weighted by Crippen LogP contribution is 2.38. The van der Waals surface area contributed by atoms with E-state index in [4.69, 9.17) is 14.2 Å². The van der Waals surface area contributed by atoms with Gasteiger partial charge in [0.1, 0.15) is 11.4 Å². The Kier molecular flexibility index (Phi) is 5.69. The molecular weight excluding hydrogens is 353 g/mol. The standard InChI is InChI=1S/C19H28FN3O4/c1-13-25-16(26-13)19(20)6-9-23(10-7-19)12-14-5-8-21-15(11-14)22-17(24)27-18(2,3)4/h5,8,11,13,16H,6-7,9-10,12H2,1-4H3,(H,21,22,24). The van der Waals surface area contributed by atoms with Crippen LogP contribution in [0.25, 0.3) is 0 Å². The molecule has 0 aromatic carbocycles. The summed E-state index contributed by atoms with van der Waals surface area (Å²) in [4.78, 5) is 18.2. The van der Waals surface area contributed by atoms with Crippen molar-refractivity contribution in [1.82, 2.24) is 9.88 Å². The molecule has 0 atom stereocenters. The summed E-state index contributed by atoms with van der Waals surface area (Å²) in [5, 5.41) is 2.64. The van der Waals surface area contributed by atoms with Gasteiger partial charge in [-0.05, 0) is 58.2 Å². The lowest BCUT2D eigenvalue weighted by Crippen LogP contribution is -2.57. The van der Waals surface area contributed by atoms with Crippen molar-refractivity contribution in [3.8, 4) is 0 Å². The minimum absolute atomic E-state index is 0.312. The van der Waals surface area contributed by atoms with Gasteiger partial charge in [-0.25, -0.2) is 14.2 Å². The fourth-order valence-electron chi connectivity index (χ4n) is 3.23. The molecule has 2 fully saturated rings. The number of anilines is 1. The largest absolute Gasteiger partial charge is 0.444 e. The average molecular weight is 381 g/mol. The van der Waals surface area contributed by atoms with Gasteiger partial charge in [0, 0.05) is 25.8 Å². The van der Waals surface area contributed by atoms with Gasteiger partial charge in [0.2, 0.25) is 0 Å². The van der Waals surface area contributed by atoms with Crippen molar-refractivity contribution < 1.29 is 23.4 Å². The highest BCUT2D eigenvalue weighted by molar-refractivity contribution is 5.83. The average Bonchev–Trinajstić information content (AvgIpc) is 2.53. The number of likely N-dealkylation sites (tertiary alicyclic amines) is 1. The summed E-state index contributed by atoms with van der Waals surface area (Å²) in [6.07, 6.45) is 0.801. The van der Waals surface area contributed by atoms with Crippen LogP contribution >= 0.6 is 0 Å². The molecule has 0 bridgehead atoms. The number of amides is 1. The fraction of sp³-hybridized carbons (Fsp3) is 0.684. The van der Waals surface area contributed by atoms with Crippen LogP contribution in [0.15, 0.2) is 18.3 Å². The zero-order valence-corrected chi connectivity index (χ0v) is 16.3. The van der Waals surface area contributed by atoms with E-state index in [1.54, 1.807) is 40.0 Å². The van der Waals surface area contributed by atoms with Gasteiger partial charge in [-0.1, -0.05) is 0 Å². The summed E-state index contributed by atoms with van der Waals surface area (Å²) >= 11 is 0. The molecule has 1 aromatic rings. The van der Waals surface area contributed by atoms with Crippen LogP contribution in [0.4, 0.5) is 15.0 Å². The summed E-state index contributed by atoms with van der Waals surface area (Å²) in [6, 6.07) is 3.69. The number of nitrogens with zero attached hydrogens (tertiary/aromatic N) is 2. The summed E-state index contributed by atoms with van der Waals surface area (Å²) < 4.78 is 30.8. The molecule has 0 aliphatic carbocycles. The number of aromatic nitrogens is 1. The van der Waals surface area contributed by atoms with Crippen molar-refractivity contribution in [2.45, 2.75) is 70.9 Å². The molecule has 0 saturated carbocycles. The van der Waals surface area contributed by atoms with E-state index in [1.165, 1.54) is 0 Å². The summed E-state index contributed by atoms with van der Waals surface area (Å²) in [5.74, 6) is 0.434. The molecule has 150 valence electrons. The maximum absolute atomic E-state index is 14.9. The highest BCUT2D eigenvalue weighted by atomic mass is 19.1. The molecule has 2 saturated heterocycles. The van der Waals surface area contributed by atoms with Crippen molar-refractivity contribution in [3.63, 3.8) is 0 Å². The van der Waals surface area contributed by atoms with Crippen LogP contribution in [0, 0.1) is 0 Å². The molecule has 1 aromatic heterocycles. The van der Waals surface area contributed by atoms with Crippen LogP contribution < -0.4 is 5.32 Å². The van der Waals surface area contributed by atoms with E-state index >= 15 is 0 Å².